The van der Waals surface area contributed by atoms with E-state index in [0.29, 0.717) is 34.8 Å². The predicted octanol–water partition coefficient (Wildman–Crippen LogP) is 4.83. The lowest BCUT2D eigenvalue weighted by atomic mass is 9.99. The first-order chi connectivity index (χ1) is 16.6. The van der Waals surface area contributed by atoms with Crippen molar-refractivity contribution in [3.05, 3.63) is 42.5 Å². The van der Waals surface area contributed by atoms with Gasteiger partial charge in [-0.1, -0.05) is 24.6 Å². The van der Waals surface area contributed by atoms with Gasteiger partial charge in [0.1, 0.15) is 11.6 Å². The quantitative estimate of drug-likeness (QED) is 0.232. The topological polar surface area (TPSA) is 88.2 Å². The Labute approximate surface area is 204 Å². The number of nitrogens with one attached hydrogen (secondary N) is 3. The Morgan fingerprint density at radius 1 is 1.18 bits per heavy atom. The number of hydrogen-bond acceptors (Lipinski definition) is 7. The van der Waals surface area contributed by atoms with Crippen LogP contribution in [-0.4, -0.2) is 41.3 Å². The first kappa shape index (κ1) is 23.9. The molecular formula is C26H29N5O2S. The van der Waals surface area contributed by atoms with Gasteiger partial charge in [-0.25, -0.2) is 9.97 Å². The summed E-state index contributed by atoms with van der Waals surface area (Å²) in [6.07, 6.45) is 8.14. The fourth-order valence-corrected chi connectivity index (χ4v) is 4.27. The summed E-state index contributed by atoms with van der Waals surface area (Å²) >= 11 is 1.41. The Balaban J connectivity index is 1.53. The van der Waals surface area contributed by atoms with Gasteiger partial charge >= 0.3 is 0 Å². The summed E-state index contributed by atoms with van der Waals surface area (Å²) in [6.45, 7) is 4.69. The minimum absolute atomic E-state index is 0.0453. The van der Waals surface area contributed by atoms with Crippen molar-refractivity contribution in [2.75, 3.05) is 36.1 Å². The summed E-state index contributed by atoms with van der Waals surface area (Å²) in [4.78, 5) is 21.2. The van der Waals surface area contributed by atoms with Crippen LogP contribution in [0.25, 0.3) is 10.9 Å². The summed E-state index contributed by atoms with van der Waals surface area (Å²) in [6, 6.07) is 13.5. The minimum atomic E-state index is -0.0453. The van der Waals surface area contributed by atoms with Gasteiger partial charge < -0.3 is 20.7 Å². The van der Waals surface area contributed by atoms with Crippen LogP contribution in [-0.2, 0) is 4.79 Å². The zero-order valence-corrected chi connectivity index (χ0v) is 20.1. The van der Waals surface area contributed by atoms with E-state index in [0.717, 1.165) is 54.9 Å². The molecule has 0 bridgehead atoms. The number of rotatable bonds is 9. The molecule has 34 heavy (non-hydrogen) atoms. The van der Waals surface area contributed by atoms with E-state index in [9.17, 15) is 4.79 Å². The van der Waals surface area contributed by atoms with Gasteiger partial charge in [-0.3, -0.25) is 4.79 Å². The van der Waals surface area contributed by atoms with Crippen molar-refractivity contribution in [3.63, 3.8) is 0 Å². The smallest absolute Gasteiger partial charge is 0.224 e. The highest BCUT2D eigenvalue weighted by atomic mass is 32.2. The third-order valence-corrected chi connectivity index (χ3v) is 6.38. The van der Waals surface area contributed by atoms with Crippen LogP contribution < -0.4 is 20.7 Å². The normalized spacial score (nSPS) is 13.9. The molecule has 1 aliphatic rings. The summed E-state index contributed by atoms with van der Waals surface area (Å²) in [5, 5.41) is 11.1. The SMILES string of the molecule is C#CCSc1nc(Nc2ccc(OCC3CCNCC3)cc2)c2cc(NC(=O)CC)ccc2n1. The Bertz CT molecular complexity index is 1170. The fraction of sp³-hybridized carbons (Fsp3) is 0.346. The average molecular weight is 476 g/mol. The number of benzene rings is 2. The number of ether oxygens (including phenoxy) is 1. The molecule has 0 saturated carbocycles. The van der Waals surface area contributed by atoms with E-state index in [2.05, 4.69) is 31.8 Å². The van der Waals surface area contributed by atoms with Gasteiger partial charge in [0, 0.05) is 23.2 Å². The molecule has 3 N–H and O–H groups in total. The molecule has 0 unspecified atom stereocenters. The van der Waals surface area contributed by atoms with Crippen molar-refractivity contribution >= 4 is 45.8 Å². The number of piperidine rings is 1. The molecule has 2 heterocycles. The van der Waals surface area contributed by atoms with E-state index in [1.165, 1.54) is 11.8 Å². The number of hydrogen-bond donors (Lipinski definition) is 3. The maximum atomic E-state index is 11.9. The summed E-state index contributed by atoms with van der Waals surface area (Å²) < 4.78 is 6.00. The first-order valence-corrected chi connectivity index (χ1v) is 12.5. The monoisotopic (exact) mass is 475 g/mol. The molecule has 3 aromatic rings. The molecule has 8 heteroatoms. The highest BCUT2D eigenvalue weighted by molar-refractivity contribution is 7.99. The summed E-state index contributed by atoms with van der Waals surface area (Å²) in [5.41, 5.74) is 2.36. The Morgan fingerprint density at radius 2 is 1.94 bits per heavy atom. The number of fused-ring (bicyclic) bond motifs is 1. The number of thioether (sulfide) groups is 1. The number of nitrogens with zero attached hydrogens (tertiary/aromatic N) is 2. The van der Waals surface area contributed by atoms with Crippen LogP contribution in [0.15, 0.2) is 47.6 Å². The lowest BCUT2D eigenvalue weighted by Crippen LogP contribution is -2.30. The molecule has 1 aromatic heterocycles. The molecule has 0 spiro atoms. The highest BCUT2D eigenvalue weighted by Gasteiger charge is 2.14. The van der Waals surface area contributed by atoms with Gasteiger partial charge in [0.25, 0.3) is 0 Å². The largest absolute Gasteiger partial charge is 0.493 e. The van der Waals surface area contributed by atoms with E-state index >= 15 is 0 Å². The molecule has 176 valence electrons. The Morgan fingerprint density at radius 3 is 2.68 bits per heavy atom. The van der Waals surface area contributed by atoms with E-state index in [4.69, 9.17) is 11.2 Å². The van der Waals surface area contributed by atoms with Crippen LogP contribution in [0.5, 0.6) is 5.75 Å². The van der Waals surface area contributed by atoms with Gasteiger partial charge in [-0.15, -0.1) is 6.42 Å². The molecule has 1 amide bonds. The molecule has 2 aromatic carbocycles. The fourth-order valence-electron chi connectivity index (χ4n) is 3.73. The second kappa shape index (κ2) is 11.7. The summed E-state index contributed by atoms with van der Waals surface area (Å²) in [5.74, 6) is 5.16. The number of aromatic nitrogens is 2. The molecular weight excluding hydrogens is 446 g/mol. The number of carbonyl (C=O) groups is 1. The highest BCUT2D eigenvalue weighted by Crippen LogP contribution is 2.30. The van der Waals surface area contributed by atoms with Gasteiger partial charge in [0.15, 0.2) is 5.16 Å². The zero-order valence-electron chi connectivity index (χ0n) is 19.3. The van der Waals surface area contributed by atoms with Gasteiger partial charge in [-0.2, -0.15) is 0 Å². The van der Waals surface area contributed by atoms with Crippen LogP contribution in [0.1, 0.15) is 26.2 Å². The van der Waals surface area contributed by atoms with Crippen molar-refractivity contribution in [2.45, 2.75) is 31.3 Å². The van der Waals surface area contributed by atoms with E-state index in [-0.39, 0.29) is 5.91 Å². The standard InChI is InChI=1S/C26H29N5O2S/c1-3-15-34-26-30-23-10-7-20(28-24(32)4-2)16-22(23)25(31-26)29-19-5-8-21(9-6-19)33-17-18-11-13-27-14-12-18/h1,5-10,16,18,27H,4,11-15,17H2,2H3,(H,28,32)(H,29,30,31). The van der Waals surface area contributed by atoms with Crippen molar-refractivity contribution in [1.29, 1.82) is 0 Å². The second-order valence-electron chi connectivity index (χ2n) is 8.14. The number of amides is 1. The lowest BCUT2D eigenvalue weighted by Gasteiger charge is -2.22. The van der Waals surface area contributed by atoms with Crippen molar-refractivity contribution in [2.24, 2.45) is 5.92 Å². The van der Waals surface area contributed by atoms with Crippen LogP contribution in [0.3, 0.4) is 0 Å². The average Bonchev–Trinajstić information content (AvgIpc) is 2.88. The second-order valence-corrected chi connectivity index (χ2v) is 9.08. The molecule has 1 aliphatic heterocycles. The van der Waals surface area contributed by atoms with Crippen molar-refractivity contribution < 1.29 is 9.53 Å². The van der Waals surface area contributed by atoms with Crippen LogP contribution >= 0.6 is 11.8 Å². The molecule has 1 saturated heterocycles. The molecule has 0 aliphatic carbocycles. The number of anilines is 3. The van der Waals surface area contributed by atoms with Crippen molar-refractivity contribution in [3.8, 4) is 18.1 Å². The number of terminal acetylenes is 1. The zero-order chi connectivity index (χ0) is 23.8. The summed E-state index contributed by atoms with van der Waals surface area (Å²) in [7, 11) is 0. The molecule has 0 atom stereocenters. The minimum Gasteiger partial charge on any atom is -0.493 e. The maximum Gasteiger partial charge on any atom is 0.224 e. The van der Waals surface area contributed by atoms with E-state index < -0.39 is 0 Å². The Hall–Kier alpha value is -3.28. The lowest BCUT2D eigenvalue weighted by molar-refractivity contribution is -0.115. The third kappa shape index (κ3) is 6.40. The third-order valence-electron chi connectivity index (χ3n) is 5.63. The van der Waals surface area contributed by atoms with Gasteiger partial charge in [0.05, 0.1) is 17.9 Å². The first-order valence-electron chi connectivity index (χ1n) is 11.5. The Kier molecular flexibility index (Phi) is 8.23. The maximum absolute atomic E-state index is 11.9. The van der Waals surface area contributed by atoms with E-state index in [1.54, 1.807) is 0 Å². The molecule has 4 rings (SSSR count). The molecule has 0 radical (unpaired) electrons. The van der Waals surface area contributed by atoms with Crippen molar-refractivity contribution in [1.82, 2.24) is 15.3 Å². The van der Waals surface area contributed by atoms with Crippen LogP contribution in [0, 0.1) is 18.3 Å². The van der Waals surface area contributed by atoms with E-state index in [1.807, 2.05) is 49.4 Å². The molecule has 1 fully saturated rings. The van der Waals surface area contributed by atoms with Gasteiger partial charge in [0.2, 0.25) is 5.91 Å². The van der Waals surface area contributed by atoms with Gasteiger partial charge in [-0.05, 0) is 74.3 Å². The van der Waals surface area contributed by atoms with Crippen LogP contribution in [0.2, 0.25) is 0 Å². The predicted molar refractivity (Wildman–Crippen MR) is 139 cm³/mol. The van der Waals surface area contributed by atoms with Crippen LogP contribution in [0.4, 0.5) is 17.2 Å². The molecule has 7 nitrogen and oxygen atoms in total. The number of carbonyl (C=O) groups excluding carboxylic acids is 1.